The SMILES string of the molecule is Cc1cnccc1NC(=O)C(=O)NCCN. The van der Waals surface area contributed by atoms with Crippen molar-refractivity contribution in [2.75, 3.05) is 18.4 Å². The lowest BCUT2D eigenvalue weighted by atomic mass is 10.2. The van der Waals surface area contributed by atoms with E-state index in [4.69, 9.17) is 5.73 Å². The number of hydrogen-bond donors (Lipinski definition) is 3. The van der Waals surface area contributed by atoms with Gasteiger partial charge in [0.05, 0.1) is 0 Å². The third kappa shape index (κ3) is 3.32. The van der Waals surface area contributed by atoms with Gasteiger partial charge in [-0.3, -0.25) is 14.6 Å². The lowest BCUT2D eigenvalue weighted by molar-refractivity contribution is -0.136. The monoisotopic (exact) mass is 222 g/mol. The number of carbonyl (C=O) groups excluding carboxylic acids is 2. The van der Waals surface area contributed by atoms with Gasteiger partial charge in [0.2, 0.25) is 0 Å². The Morgan fingerprint density at radius 2 is 2.19 bits per heavy atom. The molecule has 0 fully saturated rings. The zero-order chi connectivity index (χ0) is 12.0. The van der Waals surface area contributed by atoms with Crippen LogP contribution in [0, 0.1) is 6.92 Å². The molecule has 0 aliphatic heterocycles. The maximum atomic E-state index is 11.4. The van der Waals surface area contributed by atoms with E-state index in [0.717, 1.165) is 5.56 Å². The molecule has 0 spiro atoms. The summed E-state index contributed by atoms with van der Waals surface area (Å²) in [5, 5.41) is 4.87. The number of aryl methyl sites for hydroxylation is 1. The molecule has 6 heteroatoms. The first-order chi connectivity index (χ1) is 7.65. The molecule has 1 aromatic rings. The summed E-state index contributed by atoms with van der Waals surface area (Å²) in [6.45, 7) is 2.37. The quantitative estimate of drug-likeness (QED) is 0.595. The molecule has 0 atom stereocenters. The maximum Gasteiger partial charge on any atom is 0.313 e. The second-order valence-corrected chi connectivity index (χ2v) is 3.19. The summed E-state index contributed by atoms with van der Waals surface area (Å²) in [4.78, 5) is 26.5. The average molecular weight is 222 g/mol. The molecule has 0 aromatic carbocycles. The maximum absolute atomic E-state index is 11.4. The van der Waals surface area contributed by atoms with Gasteiger partial charge in [-0.1, -0.05) is 0 Å². The van der Waals surface area contributed by atoms with E-state index in [1.165, 1.54) is 0 Å². The molecule has 2 amide bonds. The van der Waals surface area contributed by atoms with Crippen LogP contribution in [-0.4, -0.2) is 29.9 Å². The molecular weight excluding hydrogens is 208 g/mol. The lowest BCUT2D eigenvalue weighted by Gasteiger charge is -2.07. The standard InChI is InChI=1S/C10H14N4O2/c1-7-6-12-4-2-8(7)14-10(16)9(15)13-5-3-11/h2,4,6H,3,5,11H2,1H3,(H,13,15)(H,12,14,16). The summed E-state index contributed by atoms with van der Waals surface area (Å²) in [6.07, 6.45) is 3.15. The van der Waals surface area contributed by atoms with E-state index in [0.29, 0.717) is 12.2 Å². The van der Waals surface area contributed by atoms with Crippen LogP contribution in [0.25, 0.3) is 0 Å². The highest BCUT2D eigenvalue weighted by molar-refractivity contribution is 6.39. The Morgan fingerprint density at radius 1 is 1.44 bits per heavy atom. The van der Waals surface area contributed by atoms with Crippen LogP contribution >= 0.6 is 0 Å². The van der Waals surface area contributed by atoms with Crippen molar-refractivity contribution in [3.63, 3.8) is 0 Å². The molecular formula is C10H14N4O2. The summed E-state index contributed by atoms with van der Waals surface area (Å²) in [6, 6.07) is 1.63. The Hall–Kier alpha value is -1.95. The first kappa shape index (κ1) is 12.1. The molecule has 0 saturated heterocycles. The molecule has 0 aliphatic rings. The number of nitrogens with zero attached hydrogens (tertiary/aromatic N) is 1. The van der Waals surface area contributed by atoms with Crippen LogP contribution in [0.1, 0.15) is 5.56 Å². The van der Waals surface area contributed by atoms with Crippen molar-refractivity contribution in [2.45, 2.75) is 6.92 Å². The number of aromatic nitrogens is 1. The number of hydrogen-bond acceptors (Lipinski definition) is 4. The van der Waals surface area contributed by atoms with Gasteiger partial charge in [0.1, 0.15) is 0 Å². The van der Waals surface area contributed by atoms with Gasteiger partial charge in [0.25, 0.3) is 0 Å². The van der Waals surface area contributed by atoms with Gasteiger partial charge in [-0.05, 0) is 18.6 Å². The first-order valence-corrected chi connectivity index (χ1v) is 4.85. The Morgan fingerprint density at radius 3 is 2.81 bits per heavy atom. The minimum absolute atomic E-state index is 0.279. The van der Waals surface area contributed by atoms with Crippen LogP contribution in [-0.2, 0) is 9.59 Å². The molecule has 0 radical (unpaired) electrons. The van der Waals surface area contributed by atoms with Gasteiger partial charge in [-0.25, -0.2) is 0 Å². The number of pyridine rings is 1. The third-order valence-electron chi connectivity index (χ3n) is 1.90. The molecule has 0 saturated carbocycles. The van der Waals surface area contributed by atoms with Crippen LogP contribution in [0.15, 0.2) is 18.5 Å². The molecule has 1 heterocycles. The molecule has 16 heavy (non-hydrogen) atoms. The summed E-state index contributed by atoms with van der Waals surface area (Å²) in [5.41, 5.74) is 6.57. The van der Waals surface area contributed by atoms with Gasteiger partial charge >= 0.3 is 11.8 Å². The number of anilines is 1. The van der Waals surface area contributed by atoms with Gasteiger partial charge in [-0.2, -0.15) is 0 Å². The highest BCUT2D eigenvalue weighted by Crippen LogP contribution is 2.10. The summed E-state index contributed by atoms with van der Waals surface area (Å²) >= 11 is 0. The van der Waals surface area contributed by atoms with Gasteiger partial charge < -0.3 is 16.4 Å². The molecule has 0 aliphatic carbocycles. The van der Waals surface area contributed by atoms with Crippen LogP contribution in [0.2, 0.25) is 0 Å². The van der Waals surface area contributed by atoms with Crippen LogP contribution in [0.4, 0.5) is 5.69 Å². The van der Waals surface area contributed by atoms with Gasteiger partial charge in [-0.15, -0.1) is 0 Å². The van der Waals surface area contributed by atoms with E-state index in [-0.39, 0.29) is 6.54 Å². The zero-order valence-electron chi connectivity index (χ0n) is 8.99. The van der Waals surface area contributed by atoms with Gasteiger partial charge in [0, 0.05) is 31.2 Å². The van der Waals surface area contributed by atoms with Crippen molar-refractivity contribution >= 4 is 17.5 Å². The topological polar surface area (TPSA) is 97.1 Å². The minimum atomic E-state index is -0.706. The average Bonchev–Trinajstić information content (AvgIpc) is 2.28. The number of carbonyl (C=O) groups is 2. The van der Waals surface area contributed by atoms with Crippen LogP contribution in [0.3, 0.4) is 0 Å². The van der Waals surface area contributed by atoms with Crippen molar-refractivity contribution in [1.82, 2.24) is 10.3 Å². The largest absolute Gasteiger partial charge is 0.347 e. The number of amides is 2. The molecule has 86 valence electrons. The normalized spacial score (nSPS) is 9.62. The molecule has 6 nitrogen and oxygen atoms in total. The fraction of sp³-hybridized carbons (Fsp3) is 0.300. The number of rotatable bonds is 3. The third-order valence-corrected chi connectivity index (χ3v) is 1.90. The van der Waals surface area contributed by atoms with E-state index in [2.05, 4.69) is 15.6 Å². The van der Waals surface area contributed by atoms with Crippen molar-refractivity contribution < 1.29 is 9.59 Å². The van der Waals surface area contributed by atoms with E-state index in [1.807, 2.05) is 0 Å². The smallest absolute Gasteiger partial charge is 0.313 e. The second-order valence-electron chi connectivity index (χ2n) is 3.19. The van der Waals surface area contributed by atoms with Crippen molar-refractivity contribution in [3.05, 3.63) is 24.0 Å². The predicted molar refractivity (Wildman–Crippen MR) is 59.7 cm³/mol. The van der Waals surface area contributed by atoms with Crippen molar-refractivity contribution in [3.8, 4) is 0 Å². The molecule has 1 aromatic heterocycles. The Bertz CT molecular complexity index is 392. The van der Waals surface area contributed by atoms with E-state index < -0.39 is 11.8 Å². The van der Waals surface area contributed by atoms with Crippen LogP contribution < -0.4 is 16.4 Å². The van der Waals surface area contributed by atoms with Crippen LogP contribution in [0.5, 0.6) is 0 Å². The lowest BCUT2D eigenvalue weighted by Crippen LogP contribution is -2.38. The number of nitrogens with two attached hydrogens (primary N) is 1. The highest BCUT2D eigenvalue weighted by Gasteiger charge is 2.13. The number of nitrogens with one attached hydrogen (secondary N) is 2. The Labute approximate surface area is 93.2 Å². The van der Waals surface area contributed by atoms with Gasteiger partial charge in [0.15, 0.2) is 0 Å². The molecule has 0 unspecified atom stereocenters. The van der Waals surface area contributed by atoms with E-state index >= 15 is 0 Å². The molecule has 0 bridgehead atoms. The zero-order valence-corrected chi connectivity index (χ0v) is 8.99. The predicted octanol–water partition coefficient (Wildman–Crippen LogP) is -0.597. The molecule has 1 rings (SSSR count). The fourth-order valence-electron chi connectivity index (χ4n) is 1.06. The first-order valence-electron chi connectivity index (χ1n) is 4.85. The highest BCUT2D eigenvalue weighted by atomic mass is 16.2. The van der Waals surface area contributed by atoms with Crippen molar-refractivity contribution in [1.29, 1.82) is 0 Å². The summed E-state index contributed by atoms with van der Waals surface area (Å²) in [5.74, 6) is -1.40. The van der Waals surface area contributed by atoms with E-state index in [1.54, 1.807) is 25.4 Å². The van der Waals surface area contributed by atoms with Crippen molar-refractivity contribution in [2.24, 2.45) is 5.73 Å². The molecule has 4 N–H and O–H groups in total. The van der Waals surface area contributed by atoms with E-state index in [9.17, 15) is 9.59 Å². The minimum Gasteiger partial charge on any atom is -0.347 e. The Balaban J connectivity index is 2.58. The Kier molecular flexibility index (Phi) is 4.41. The summed E-state index contributed by atoms with van der Waals surface area (Å²) < 4.78 is 0. The fourth-order valence-corrected chi connectivity index (χ4v) is 1.06. The summed E-state index contributed by atoms with van der Waals surface area (Å²) in [7, 11) is 0. The second kappa shape index (κ2) is 5.82.